The number of nitrogens with zero attached hydrogens (tertiary/aromatic N) is 9. The van der Waals surface area contributed by atoms with Crippen LogP contribution >= 0.6 is 23.2 Å². The zero-order valence-electron chi connectivity index (χ0n) is 49.1. The second-order valence-electron chi connectivity index (χ2n) is 22.9. The van der Waals surface area contributed by atoms with Crippen LogP contribution in [0.25, 0.3) is 0 Å². The van der Waals surface area contributed by atoms with Crippen molar-refractivity contribution >= 4 is 35.4 Å². The topological polar surface area (TPSA) is 138 Å². The van der Waals surface area contributed by atoms with Crippen molar-refractivity contribution < 1.29 is 19.1 Å². The van der Waals surface area contributed by atoms with Crippen molar-refractivity contribution in [2.45, 2.75) is 81.8 Å². The number of benzene rings is 5. The van der Waals surface area contributed by atoms with E-state index < -0.39 is 5.54 Å². The van der Waals surface area contributed by atoms with E-state index in [1.807, 2.05) is 59.0 Å². The van der Waals surface area contributed by atoms with Gasteiger partial charge in [-0.1, -0.05) is 138 Å². The van der Waals surface area contributed by atoms with Gasteiger partial charge < -0.3 is 28.8 Å². The Kier molecular flexibility index (Phi) is 19.1. The third kappa shape index (κ3) is 13.5. The number of ether oxygens (including phenoxy) is 2. The first kappa shape index (κ1) is 59.2. The third-order valence-corrected chi connectivity index (χ3v) is 18.1. The second-order valence-corrected chi connectivity index (χ2v) is 23.8. The van der Waals surface area contributed by atoms with Gasteiger partial charge in [-0.2, -0.15) is 0 Å². The molecule has 9 aromatic rings. The van der Waals surface area contributed by atoms with Crippen LogP contribution in [0, 0.1) is 0 Å². The molecule has 5 aromatic carbocycles. The number of hydrogen-bond acceptors (Lipinski definition) is 10. The number of carbonyl (C=O) groups excluding carboxylic acids is 2. The Morgan fingerprint density at radius 2 is 0.977 bits per heavy atom. The number of unbranched alkanes of at least 4 members (excludes halogenated alkanes) is 2. The van der Waals surface area contributed by atoms with E-state index in [-0.39, 0.29) is 24.3 Å². The highest BCUT2D eigenvalue weighted by molar-refractivity contribution is 6.31. The van der Waals surface area contributed by atoms with E-state index in [2.05, 4.69) is 158 Å². The minimum atomic E-state index is -0.582. The zero-order chi connectivity index (χ0) is 59.4. The van der Waals surface area contributed by atoms with E-state index in [1.165, 1.54) is 50.1 Å². The number of carbonyl (C=O) groups is 2. The molecule has 1 N–H and O–H groups in total. The number of aryl methyl sites for hydroxylation is 6. The number of hydrogen-bond donors (Lipinski definition) is 1. The molecule has 4 aliphatic rings. The fourth-order valence-electron chi connectivity index (χ4n) is 13.2. The van der Waals surface area contributed by atoms with Crippen LogP contribution in [-0.2, 0) is 53.5 Å². The minimum Gasteiger partial charge on any atom is -0.449 e. The molecule has 16 heteroatoms. The lowest BCUT2D eigenvalue weighted by Gasteiger charge is -2.39. The summed E-state index contributed by atoms with van der Waals surface area (Å²) >= 11 is 12.7. The molecule has 2 unspecified atom stereocenters. The molecule has 13 rings (SSSR count). The summed E-state index contributed by atoms with van der Waals surface area (Å²) in [7, 11) is 0. The predicted molar refractivity (Wildman–Crippen MR) is 340 cm³/mol. The van der Waals surface area contributed by atoms with Crippen LogP contribution < -0.4 is 0 Å². The lowest BCUT2D eigenvalue weighted by Crippen LogP contribution is -2.50. The summed E-state index contributed by atoms with van der Waals surface area (Å²) in [4.78, 5) is 56.0. The van der Waals surface area contributed by atoms with Crippen molar-refractivity contribution in [1.29, 1.82) is 0 Å². The molecule has 4 aromatic heterocycles. The number of nitrogens with one attached hydrogen (secondary N) is 1. The van der Waals surface area contributed by atoms with Crippen LogP contribution in [0.5, 0.6) is 0 Å². The number of halogens is 2. The Labute approximate surface area is 520 Å². The Hall–Kier alpha value is -8.14. The second kappa shape index (κ2) is 28.1. The lowest BCUT2D eigenvalue weighted by atomic mass is 9.77. The number of H-pyrrole nitrogens is 1. The summed E-state index contributed by atoms with van der Waals surface area (Å²) in [6, 6.07) is 52.9. The van der Waals surface area contributed by atoms with E-state index in [0.717, 1.165) is 123 Å². The Balaban J connectivity index is 0.000000187. The highest BCUT2D eigenvalue weighted by atomic mass is 35.5. The van der Waals surface area contributed by atoms with Gasteiger partial charge in [0, 0.05) is 92.9 Å². The Morgan fingerprint density at radius 1 is 0.517 bits per heavy atom. The summed E-state index contributed by atoms with van der Waals surface area (Å²) in [6.45, 7) is 6.40. The number of imidazole rings is 2. The van der Waals surface area contributed by atoms with E-state index in [0.29, 0.717) is 39.4 Å². The quantitative estimate of drug-likeness (QED) is 0.0735. The molecule has 2 saturated heterocycles. The van der Waals surface area contributed by atoms with E-state index in [9.17, 15) is 9.59 Å². The van der Waals surface area contributed by atoms with E-state index in [1.54, 1.807) is 6.33 Å². The SMILES string of the molecule is O=C(OCCCCc1cn(C(c2ccccc2)(c2ccccc2)c2ccccc2)cn1)N1CCN(C2c3ccc(Cl)cc3CCc3cccnc32)CC1.O=C(OCCCCc1cnc[nH]1)N1CCN(C2c3ccc(Cl)cc3CCc3cccnc32)CC1. The van der Waals surface area contributed by atoms with Crippen LogP contribution in [0.1, 0.15) is 111 Å². The normalized spacial score (nSPS) is 16.9. The van der Waals surface area contributed by atoms with Crippen LogP contribution in [-0.4, -0.2) is 127 Å². The van der Waals surface area contributed by atoms with Gasteiger partial charge in [0.15, 0.2) is 0 Å². The summed E-state index contributed by atoms with van der Waals surface area (Å²) in [5.41, 5.74) is 14.9. The molecule has 0 spiro atoms. The first-order valence-corrected chi connectivity index (χ1v) is 31.5. The maximum absolute atomic E-state index is 13.2. The summed E-state index contributed by atoms with van der Waals surface area (Å²) in [5.74, 6) is 0. The summed E-state index contributed by atoms with van der Waals surface area (Å²) in [6.07, 6.45) is 19.9. The van der Waals surface area contributed by atoms with E-state index in [4.69, 9.17) is 47.6 Å². The molecule has 446 valence electrons. The smallest absolute Gasteiger partial charge is 0.409 e. The number of aromatic amines is 1. The minimum absolute atomic E-state index is 0.0425. The average Bonchev–Trinajstić information content (AvgIpc) is 4.09. The predicted octanol–water partition coefficient (Wildman–Crippen LogP) is 13.2. The molecule has 2 amide bonds. The van der Waals surface area contributed by atoms with Gasteiger partial charge in [0.05, 0.1) is 55.0 Å². The number of amides is 2. The monoisotopic (exact) mass is 1200 g/mol. The average molecular weight is 1200 g/mol. The third-order valence-electron chi connectivity index (χ3n) is 17.6. The highest BCUT2D eigenvalue weighted by Crippen LogP contribution is 2.42. The largest absolute Gasteiger partial charge is 0.449 e. The highest BCUT2D eigenvalue weighted by Gasteiger charge is 2.39. The maximum Gasteiger partial charge on any atom is 0.409 e. The molecular weight excluding hydrogens is 1130 g/mol. The molecule has 14 nitrogen and oxygen atoms in total. The van der Waals surface area contributed by atoms with Crippen molar-refractivity contribution in [2.24, 2.45) is 0 Å². The molecule has 87 heavy (non-hydrogen) atoms. The fraction of sp³-hybridized carbons (Fsp3) is 0.324. The number of rotatable bonds is 16. The number of pyridine rings is 2. The number of piperazine rings is 2. The Bertz CT molecular complexity index is 3610. The van der Waals surface area contributed by atoms with Gasteiger partial charge in [0.25, 0.3) is 0 Å². The molecule has 0 bridgehead atoms. The first-order chi connectivity index (χ1) is 42.8. The van der Waals surface area contributed by atoms with Gasteiger partial charge in [-0.15, -0.1) is 0 Å². The lowest BCUT2D eigenvalue weighted by molar-refractivity contribution is 0.0667. The zero-order valence-corrected chi connectivity index (χ0v) is 50.6. The first-order valence-electron chi connectivity index (χ1n) is 30.7. The molecule has 2 fully saturated rings. The van der Waals surface area contributed by atoms with Crippen LogP contribution in [0.3, 0.4) is 0 Å². The molecule has 0 radical (unpaired) electrons. The van der Waals surface area contributed by atoms with Gasteiger partial charge in [-0.25, -0.2) is 19.6 Å². The van der Waals surface area contributed by atoms with Gasteiger partial charge in [-0.05, 0) is 151 Å². The van der Waals surface area contributed by atoms with Crippen molar-refractivity contribution in [3.8, 4) is 0 Å². The van der Waals surface area contributed by atoms with Crippen molar-refractivity contribution in [3.63, 3.8) is 0 Å². The molecule has 0 saturated carbocycles. The van der Waals surface area contributed by atoms with Gasteiger partial charge in [0.2, 0.25) is 0 Å². The van der Waals surface area contributed by atoms with Gasteiger partial charge in [0.1, 0.15) is 5.54 Å². The number of aromatic nitrogens is 6. The van der Waals surface area contributed by atoms with Gasteiger partial charge in [-0.3, -0.25) is 19.8 Å². The summed E-state index contributed by atoms with van der Waals surface area (Å²) < 4.78 is 13.6. The molecule has 6 heterocycles. The van der Waals surface area contributed by atoms with Crippen LogP contribution in [0.2, 0.25) is 10.0 Å². The molecular formula is C71H74Cl2N10O4. The maximum atomic E-state index is 13.2. The van der Waals surface area contributed by atoms with Crippen molar-refractivity contribution in [1.82, 2.24) is 49.1 Å². The van der Waals surface area contributed by atoms with Crippen molar-refractivity contribution in [2.75, 3.05) is 65.6 Å². The van der Waals surface area contributed by atoms with E-state index >= 15 is 0 Å². The van der Waals surface area contributed by atoms with Crippen LogP contribution in [0.15, 0.2) is 189 Å². The van der Waals surface area contributed by atoms with Crippen molar-refractivity contribution in [3.05, 3.63) is 272 Å². The fourth-order valence-corrected chi connectivity index (χ4v) is 13.6. The molecule has 2 aliphatic heterocycles. The molecule has 2 atom stereocenters. The standard InChI is InChI=1S/C45H44ClN5O2.C26H30ClN5O2/c46-39-23-24-41-35(31-39)22-21-34-13-12-25-47-42(34)43(41)49-26-28-50(29-27-49)44(52)53-30-11-10-20-40-32-51(33-48-40)45(36-14-4-1-5-15-36,37-16-6-2-7-17-37)38-18-8-3-9-19-38;27-21-8-9-23-20(16-21)7-6-19-4-3-10-29-24(19)25(23)31-11-13-32(14-12-31)26(33)34-15-2-1-5-22-17-28-18-30-22/h1-9,12-19,23-25,31-33,43H,10-11,20-22,26-30H2;3-4,8-10,16-18,25H,1-2,5-7,11-15H2,(H,28,30). The van der Waals surface area contributed by atoms with Gasteiger partial charge >= 0.3 is 12.2 Å². The molecule has 2 aliphatic carbocycles. The summed E-state index contributed by atoms with van der Waals surface area (Å²) in [5, 5.41) is 1.54. The Morgan fingerprint density at radius 3 is 1.44 bits per heavy atom. The number of fused-ring (bicyclic) bond motifs is 4. The van der Waals surface area contributed by atoms with Crippen LogP contribution in [0.4, 0.5) is 9.59 Å².